The number of hydrogen-bond donors (Lipinski definition) is 0. The van der Waals surface area contributed by atoms with E-state index in [0.717, 1.165) is 0 Å². The molecule has 0 fully saturated rings. The summed E-state index contributed by atoms with van der Waals surface area (Å²) < 4.78 is 0. The van der Waals surface area contributed by atoms with Crippen LogP contribution in [0, 0.1) is 6.42 Å². The maximum absolute atomic E-state index is 2.17. The number of hydrogen-bond acceptors (Lipinski definition) is 1. The molecule has 2 aromatic carbocycles. The van der Waals surface area contributed by atoms with Crippen LogP contribution in [0.25, 0.3) is 9.81 Å². The van der Waals surface area contributed by atoms with Crippen molar-refractivity contribution in [3.05, 3.63) is 90.4 Å². The summed E-state index contributed by atoms with van der Waals surface area (Å²) in [6.07, 6.45) is 6.47. The summed E-state index contributed by atoms with van der Waals surface area (Å²) in [7, 11) is 0. The van der Waals surface area contributed by atoms with Gasteiger partial charge in [-0.15, -0.1) is 0 Å². The Kier molecular flexibility index (Phi) is 5.05. The SMILES string of the molecule is C1=C(c2ccccc2)SC(c2ccccc2)=C[CH-]1.[Li+]. The first kappa shape index (κ1) is 14.2. The largest absolute Gasteiger partial charge is 1.00 e. The molecule has 0 aromatic heterocycles. The van der Waals surface area contributed by atoms with Gasteiger partial charge in [-0.25, -0.2) is 11.8 Å². The van der Waals surface area contributed by atoms with Crippen LogP contribution in [0.5, 0.6) is 0 Å². The summed E-state index contributed by atoms with van der Waals surface area (Å²) in [5.74, 6) is 0. The minimum atomic E-state index is 0. The quantitative estimate of drug-likeness (QED) is 0.585. The van der Waals surface area contributed by atoms with Crippen LogP contribution in [0.15, 0.2) is 72.8 Å². The van der Waals surface area contributed by atoms with Crippen LogP contribution in [0.4, 0.5) is 0 Å². The van der Waals surface area contributed by atoms with E-state index in [1.54, 1.807) is 0 Å². The zero-order valence-electron chi connectivity index (χ0n) is 10.9. The van der Waals surface area contributed by atoms with Crippen LogP contribution >= 0.6 is 11.8 Å². The fourth-order valence-electron chi connectivity index (χ4n) is 1.92. The molecule has 0 atom stereocenters. The van der Waals surface area contributed by atoms with Crippen molar-refractivity contribution in [2.45, 2.75) is 0 Å². The maximum Gasteiger partial charge on any atom is 1.00 e. The van der Waals surface area contributed by atoms with E-state index in [0.29, 0.717) is 0 Å². The molecular weight excluding hydrogens is 243 g/mol. The molecule has 0 saturated carbocycles. The van der Waals surface area contributed by atoms with Crippen LogP contribution in [0.1, 0.15) is 11.1 Å². The molecule has 1 heterocycles. The predicted molar refractivity (Wildman–Crippen MR) is 80.7 cm³/mol. The van der Waals surface area contributed by atoms with Gasteiger partial charge in [0, 0.05) is 0 Å². The van der Waals surface area contributed by atoms with Gasteiger partial charge in [0.1, 0.15) is 0 Å². The Morgan fingerprint density at radius 1 is 0.632 bits per heavy atom. The minimum absolute atomic E-state index is 0. The van der Waals surface area contributed by atoms with Gasteiger partial charge in [-0.3, -0.25) is 0 Å². The predicted octanol–water partition coefficient (Wildman–Crippen LogP) is 2.02. The molecule has 1 aliphatic heterocycles. The fourth-order valence-corrected chi connectivity index (χ4v) is 2.96. The number of thioether (sulfide) groups is 1. The summed E-state index contributed by atoms with van der Waals surface area (Å²) in [6, 6.07) is 21.0. The summed E-state index contributed by atoms with van der Waals surface area (Å²) >= 11 is 1.83. The molecule has 0 aliphatic carbocycles. The van der Waals surface area contributed by atoms with Gasteiger partial charge in [0.15, 0.2) is 0 Å². The third kappa shape index (κ3) is 3.39. The molecule has 2 heteroatoms. The molecule has 88 valence electrons. The molecule has 0 bridgehead atoms. The topological polar surface area (TPSA) is 0 Å². The van der Waals surface area contributed by atoms with E-state index in [-0.39, 0.29) is 18.9 Å². The third-order valence-corrected chi connectivity index (χ3v) is 4.02. The average molecular weight is 256 g/mol. The maximum atomic E-state index is 2.17. The zero-order valence-corrected chi connectivity index (χ0v) is 11.7. The number of rotatable bonds is 2. The Bertz CT molecular complexity index is 532. The molecule has 0 amide bonds. The Balaban J connectivity index is 0.00000133. The summed E-state index contributed by atoms with van der Waals surface area (Å²) in [4.78, 5) is 2.61. The van der Waals surface area contributed by atoms with Gasteiger partial charge in [-0.2, -0.15) is 18.6 Å². The van der Waals surface area contributed by atoms with Crippen molar-refractivity contribution in [1.29, 1.82) is 0 Å². The second-order valence-corrected chi connectivity index (χ2v) is 5.17. The van der Waals surface area contributed by atoms with Crippen LogP contribution in [0.3, 0.4) is 0 Å². The van der Waals surface area contributed by atoms with E-state index in [4.69, 9.17) is 0 Å². The van der Waals surface area contributed by atoms with E-state index < -0.39 is 0 Å². The van der Waals surface area contributed by atoms with Gasteiger partial charge in [0.05, 0.1) is 0 Å². The van der Waals surface area contributed by atoms with Gasteiger partial charge in [-0.1, -0.05) is 81.6 Å². The third-order valence-electron chi connectivity index (χ3n) is 2.83. The van der Waals surface area contributed by atoms with Gasteiger partial charge in [-0.05, 0) is 0 Å². The smallest absolute Gasteiger partial charge is 0.226 e. The molecule has 0 unspecified atom stereocenters. The van der Waals surface area contributed by atoms with E-state index in [9.17, 15) is 0 Å². The second-order valence-electron chi connectivity index (χ2n) is 4.09. The van der Waals surface area contributed by atoms with Crippen molar-refractivity contribution < 1.29 is 18.9 Å². The van der Waals surface area contributed by atoms with Crippen molar-refractivity contribution in [3.63, 3.8) is 0 Å². The zero-order chi connectivity index (χ0) is 12.2. The summed E-state index contributed by atoms with van der Waals surface area (Å²) in [6.45, 7) is 0. The molecule has 0 radical (unpaired) electrons. The minimum Gasteiger partial charge on any atom is -0.226 e. The van der Waals surface area contributed by atoms with Crippen molar-refractivity contribution in [2.75, 3.05) is 0 Å². The molecule has 0 nitrogen and oxygen atoms in total. The molecule has 2 aromatic rings. The van der Waals surface area contributed by atoms with Crippen LogP contribution < -0.4 is 18.9 Å². The average Bonchev–Trinajstić information content (AvgIpc) is 2.49. The van der Waals surface area contributed by atoms with Gasteiger partial charge in [0.25, 0.3) is 0 Å². The van der Waals surface area contributed by atoms with E-state index >= 15 is 0 Å². The van der Waals surface area contributed by atoms with Crippen molar-refractivity contribution in [2.24, 2.45) is 0 Å². The second kappa shape index (κ2) is 6.77. The summed E-state index contributed by atoms with van der Waals surface area (Å²) in [5.41, 5.74) is 2.56. The first-order chi connectivity index (χ1) is 8.93. The molecular formula is C17H13LiS. The summed E-state index contributed by atoms with van der Waals surface area (Å²) in [5, 5.41) is 0. The molecule has 0 spiro atoms. The van der Waals surface area contributed by atoms with Crippen molar-refractivity contribution >= 4 is 21.6 Å². The number of benzene rings is 2. The normalized spacial score (nSPS) is 13.7. The molecule has 0 saturated heterocycles. The fraction of sp³-hybridized carbons (Fsp3) is 0. The molecule has 1 aliphatic rings. The Morgan fingerprint density at radius 2 is 1.05 bits per heavy atom. The van der Waals surface area contributed by atoms with E-state index in [1.165, 1.54) is 20.9 Å². The monoisotopic (exact) mass is 256 g/mol. The Labute approximate surface area is 130 Å². The molecule has 0 N–H and O–H groups in total. The molecule has 19 heavy (non-hydrogen) atoms. The van der Waals surface area contributed by atoms with Crippen molar-refractivity contribution in [1.82, 2.24) is 0 Å². The van der Waals surface area contributed by atoms with Gasteiger partial charge in [0.2, 0.25) is 0 Å². The first-order valence-electron chi connectivity index (χ1n) is 5.97. The Morgan fingerprint density at radius 3 is 1.47 bits per heavy atom. The van der Waals surface area contributed by atoms with E-state index in [2.05, 4.69) is 79.2 Å². The first-order valence-corrected chi connectivity index (χ1v) is 6.79. The van der Waals surface area contributed by atoms with Gasteiger partial charge < -0.3 is 0 Å². The van der Waals surface area contributed by atoms with Crippen molar-refractivity contribution in [3.8, 4) is 0 Å². The Hall–Kier alpha value is -1.26. The van der Waals surface area contributed by atoms with Gasteiger partial charge >= 0.3 is 18.9 Å². The number of allylic oxidation sites excluding steroid dienone is 2. The van der Waals surface area contributed by atoms with Crippen LogP contribution in [-0.2, 0) is 0 Å². The van der Waals surface area contributed by atoms with Crippen LogP contribution in [-0.4, -0.2) is 0 Å². The molecule has 3 rings (SSSR count). The van der Waals surface area contributed by atoms with Crippen LogP contribution in [0.2, 0.25) is 0 Å². The standard InChI is InChI=1S/C17H13S.Li/c1-3-8-14(9-4-1)16-12-7-13-17(18-16)15-10-5-2-6-11-15;/h1-13H;/q-1;+1. The van der Waals surface area contributed by atoms with E-state index in [1.807, 2.05) is 11.8 Å².